The fraction of sp³-hybridized carbons (Fsp3) is 0.526. The Kier molecular flexibility index (Phi) is 5.83. The van der Waals surface area contributed by atoms with Crippen LogP contribution in [0.5, 0.6) is 0 Å². The minimum atomic E-state index is -4.01. The van der Waals surface area contributed by atoms with E-state index in [1.165, 1.54) is 4.68 Å². The Bertz CT molecular complexity index is 808. The highest BCUT2D eigenvalue weighted by atomic mass is 19.4. The summed E-state index contributed by atoms with van der Waals surface area (Å²) < 4.78 is 51.8. The van der Waals surface area contributed by atoms with Crippen LogP contribution in [0.15, 0.2) is 30.3 Å². The van der Waals surface area contributed by atoms with Crippen LogP contribution < -0.4 is 0 Å². The third kappa shape index (κ3) is 4.09. The lowest BCUT2D eigenvalue weighted by Crippen LogP contribution is -2.34. The predicted octanol–water partition coefficient (Wildman–Crippen LogP) is 3.98. The largest absolute Gasteiger partial charge is 0.393 e. The molecule has 0 aliphatic carbocycles. The van der Waals surface area contributed by atoms with Crippen LogP contribution in [0.25, 0.3) is 0 Å². The number of likely N-dealkylation sites (tertiary alicyclic amines) is 1. The molecule has 2 aromatic rings. The van der Waals surface area contributed by atoms with Crippen molar-refractivity contribution in [1.82, 2.24) is 19.7 Å². The Morgan fingerprint density at radius 1 is 1.21 bits per heavy atom. The molecule has 0 amide bonds. The van der Waals surface area contributed by atoms with Gasteiger partial charge in [-0.15, -0.1) is 5.10 Å². The normalized spacial score (nSPS) is 27.2. The van der Waals surface area contributed by atoms with Gasteiger partial charge in [-0.25, -0.2) is 14.1 Å². The Balaban J connectivity index is 0.000000178. The van der Waals surface area contributed by atoms with E-state index in [1.54, 1.807) is 18.9 Å². The van der Waals surface area contributed by atoms with E-state index in [2.05, 4.69) is 10.1 Å². The van der Waals surface area contributed by atoms with Crippen LogP contribution in [-0.4, -0.2) is 51.8 Å². The van der Waals surface area contributed by atoms with Crippen LogP contribution in [0.4, 0.5) is 17.6 Å². The fourth-order valence-corrected chi connectivity index (χ4v) is 3.73. The molecule has 28 heavy (non-hydrogen) atoms. The fourth-order valence-electron chi connectivity index (χ4n) is 3.73. The maximum absolute atomic E-state index is 13.8. The molecular formula is C19H22F4N4O. The first-order valence-corrected chi connectivity index (χ1v) is 9.10. The Hall–Kier alpha value is -2.29. The van der Waals surface area contributed by atoms with Crippen molar-refractivity contribution >= 4 is 6.29 Å². The molecule has 3 heterocycles. The second kappa shape index (κ2) is 7.98. The summed E-state index contributed by atoms with van der Waals surface area (Å²) in [6.07, 6.45) is -4.04. The average molecular weight is 398 g/mol. The number of halogens is 4. The molecule has 0 spiro atoms. The van der Waals surface area contributed by atoms with Crippen LogP contribution in [-0.2, 0) is 0 Å². The molecule has 4 unspecified atom stereocenters. The molecular weight excluding hydrogens is 376 g/mol. The lowest BCUT2D eigenvalue weighted by atomic mass is 10.0. The molecule has 0 bridgehead atoms. The van der Waals surface area contributed by atoms with Crippen molar-refractivity contribution in [2.24, 2.45) is 5.92 Å². The standard InChI is InChI=1S/C12H10FN3O.C7H12F3N/c13-9-6-10(8-4-2-1-3-5-8)16-12(9)14-11(7-17)15-16;1-5-6(7(8,9)10)3-4-11(5)2/h1-5,7,9-10H,6H2;5-6H,3-4H2,1-2H3. The number of nitrogens with zero attached hydrogens (tertiary/aromatic N) is 4. The van der Waals surface area contributed by atoms with E-state index in [1.807, 2.05) is 30.3 Å². The van der Waals surface area contributed by atoms with Gasteiger partial charge in [-0.1, -0.05) is 30.3 Å². The predicted molar refractivity (Wildman–Crippen MR) is 94.7 cm³/mol. The highest BCUT2D eigenvalue weighted by Crippen LogP contribution is 2.39. The third-order valence-electron chi connectivity index (χ3n) is 5.46. The molecule has 2 aliphatic heterocycles. The van der Waals surface area contributed by atoms with Gasteiger partial charge in [0.25, 0.3) is 0 Å². The van der Waals surface area contributed by atoms with Crippen molar-refractivity contribution in [1.29, 1.82) is 0 Å². The van der Waals surface area contributed by atoms with Crippen LogP contribution >= 0.6 is 0 Å². The number of fused-ring (bicyclic) bond motifs is 1. The monoisotopic (exact) mass is 398 g/mol. The molecule has 0 radical (unpaired) electrons. The molecule has 0 saturated carbocycles. The van der Waals surface area contributed by atoms with Gasteiger partial charge in [0.05, 0.1) is 12.0 Å². The molecule has 1 fully saturated rings. The van der Waals surface area contributed by atoms with E-state index >= 15 is 0 Å². The third-order valence-corrected chi connectivity index (χ3v) is 5.46. The number of carbonyl (C=O) groups excluding carboxylic acids is 1. The summed E-state index contributed by atoms with van der Waals surface area (Å²) in [6, 6.07) is 9.04. The zero-order valence-electron chi connectivity index (χ0n) is 15.6. The van der Waals surface area contributed by atoms with Gasteiger partial charge in [-0.3, -0.25) is 4.79 Å². The first-order valence-electron chi connectivity index (χ1n) is 9.10. The summed E-state index contributed by atoms with van der Waals surface area (Å²) in [7, 11) is 1.73. The number of hydrogen-bond donors (Lipinski definition) is 0. The summed E-state index contributed by atoms with van der Waals surface area (Å²) in [6.45, 7) is 2.19. The van der Waals surface area contributed by atoms with Crippen molar-refractivity contribution in [3.05, 3.63) is 47.5 Å². The molecule has 1 aromatic heterocycles. The Morgan fingerprint density at radius 2 is 1.89 bits per heavy atom. The Morgan fingerprint density at radius 3 is 2.39 bits per heavy atom. The van der Waals surface area contributed by atoms with E-state index < -0.39 is 18.3 Å². The topological polar surface area (TPSA) is 51.0 Å². The maximum atomic E-state index is 13.8. The quantitative estimate of drug-likeness (QED) is 0.567. The minimum absolute atomic E-state index is 0.0447. The van der Waals surface area contributed by atoms with Crippen LogP contribution in [0.3, 0.4) is 0 Å². The van der Waals surface area contributed by atoms with Gasteiger partial charge in [0.1, 0.15) is 0 Å². The summed E-state index contributed by atoms with van der Waals surface area (Å²) in [5.74, 6) is -0.822. The number of hydrogen-bond acceptors (Lipinski definition) is 4. The summed E-state index contributed by atoms with van der Waals surface area (Å²) in [5, 5.41) is 4.01. The van der Waals surface area contributed by atoms with Gasteiger partial charge in [0.15, 0.2) is 18.3 Å². The highest BCUT2D eigenvalue weighted by molar-refractivity contribution is 5.68. The summed E-state index contributed by atoms with van der Waals surface area (Å²) in [5.41, 5.74) is 0.983. The van der Waals surface area contributed by atoms with Crippen molar-refractivity contribution in [3.63, 3.8) is 0 Å². The molecule has 5 nitrogen and oxygen atoms in total. The lowest BCUT2D eigenvalue weighted by Gasteiger charge is -2.22. The first kappa shape index (κ1) is 20.4. The molecule has 4 atom stereocenters. The molecule has 0 N–H and O–H groups in total. The smallest absolute Gasteiger partial charge is 0.303 e. The SMILES string of the molecule is CC1C(C(F)(F)F)CCN1C.O=Cc1nc2n(n1)C(c1ccccc1)CC2F. The number of alkyl halides is 4. The second-order valence-electron chi connectivity index (χ2n) is 7.18. The molecule has 152 valence electrons. The molecule has 1 aromatic carbocycles. The number of carbonyl (C=O) groups is 1. The van der Waals surface area contributed by atoms with Crippen molar-refractivity contribution in [2.75, 3.05) is 13.6 Å². The number of aromatic nitrogens is 3. The summed E-state index contributed by atoms with van der Waals surface area (Å²) in [4.78, 5) is 16.2. The van der Waals surface area contributed by atoms with Gasteiger partial charge < -0.3 is 4.90 Å². The number of rotatable bonds is 2. The van der Waals surface area contributed by atoms with Gasteiger partial charge in [0.2, 0.25) is 5.82 Å². The maximum Gasteiger partial charge on any atom is 0.393 e. The lowest BCUT2D eigenvalue weighted by molar-refractivity contribution is -0.178. The van der Waals surface area contributed by atoms with Crippen LogP contribution in [0.2, 0.25) is 0 Å². The first-order chi connectivity index (χ1) is 13.2. The van der Waals surface area contributed by atoms with Gasteiger partial charge in [0, 0.05) is 12.5 Å². The average Bonchev–Trinajstić information content (AvgIpc) is 3.32. The molecule has 4 rings (SSSR count). The van der Waals surface area contributed by atoms with Gasteiger partial charge in [-0.2, -0.15) is 13.2 Å². The van der Waals surface area contributed by atoms with E-state index in [0.29, 0.717) is 19.3 Å². The second-order valence-corrected chi connectivity index (χ2v) is 7.18. The van der Waals surface area contributed by atoms with E-state index in [4.69, 9.17) is 0 Å². The summed E-state index contributed by atoms with van der Waals surface area (Å²) >= 11 is 0. The van der Waals surface area contributed by atoms with E-state index in [-0.39, 0.29) is 30.2 Å². The minimum Gasteiger partial charge on any atom is -0.303 e. The number of benzene rings is 1. The van der Waals surface area contributed by atoms with E-state index in [0.717, 1.165) is 5.56 Å². The molecule has 1 saturated heterocycles. The number of aldehydes is 1. The van der Waals surface area contributed by atoms with Crippen molar-refractivity contribution in [3.8, 4) is 0 Å². The van der Waals surface area contributed by atoms with E-state index in [9.17, 15) is 22.4 Å². The zero-order chi connectivity index (χ0) is 20.5. The molecule has 2 aliphatic rings. The van der Waals surface area contributed by atoms with Gasteiger partial charge in [-0.05, 0) is 32.5 Å². The van der Waals surface area contributed by atoms with Gasteiger partial charge >= 0.3 is 6.18 Å². The Labute approximate surface area is 160 Å². The zero-order valence-corrected chi connectivity index (χ0v) is 15.6. The van der Waals surface area contributed by atoms with Crippen molar-refractivity contribution < 1.29 is 22.4 Å². The van der Waals surface area contributed by atoms with Crippen LogP contribution in [0.1, 0.15) is 54.0 Å². The molecule has 9 heteroatoms. The highest BCUT2D eigenvalue weighted by Gasteiger charge is 2.47. The van der Waals surface area contributed by atoms with Crippen LogP contribution in [0, 0.1) is 5.92 Å². The van der Waals surface area contributed by atoms with Crippen molar-refractivity contribution in [2.45, 2.75) is 44.2 Å².